The molecule has 0 N–H and O–H groups in total. The number of para-hydroxylation sites is 2. The highest BCUT2D eigenvalue weighted by Gasteiger charge is 2.18. The number of hydrogen-bond donors (Lipinski definition) is 0. The fourth-order valence-electron chi connectivity index (χ4n) is 6.24. The minimum absolute atomic E-state index is 0.689. The van der Waals surface area contributed by atoms with Gasteiger partial charge in [-0.1, -0.05) is 115 Å². The molecule has 0 aliphatic rings. The SMILES string of the molecule is c1ccc(-c2cc(-c3ccc4c(c3)oc3c(-c5cccc6oc7ccccc7c56)cccc34)nc(-c3ccccc3)n2)cc1. The molecule has 0 radical (unpaired) electrons. The summed E-state index contributed by atoms with van der Waals surface area (Å²) < 4.78 is 12.9. The van der Waals surface area contributed by atoms with Crippen molar-refractivity contribution in [1.82, 2.24) is 9.97 Å². The zero-order chi connectivity index (χ0) is 29.0. The molecule has 4 nitrogen and oxygen atoms in total. The quantitative estimate of drug-likeness (QED) is 0.213. The summed E-state index contributed by atoms with van der Waals surface area (Å²) in [6.45, 7) is 0. The Kier molecular flexibility index (Phi) is 5.47. The van der Waals surface area contributed by atoms with Gasteiger partial charge in [0.05, 0.1) is 11.4 Å². The summed E-state index contributed by atoms with van der Waals surface area (Å²) in [5.41, 5.74) is 10.3. The summed E-state index contributed by atoms with van der Waals surface area (Å²) in [6, 6.07) is 49.5. The lowest BCUT2D eigenvalue weighted by Gasteiger charge is -2.09. The Morgan fingerprint density at radius 3 is 1.89 bits per heavy atom. The lowest BCUT2D eigenvalue weighted by Crippen LogP contribution is -1.95. The molecular formula is C40H24N2O2. The van der Waals surface area contributed by atoms with Crippen molar-refractivity contribution in [2.75, 3.05) is 0 Å². The van der Waals surface area contributed by atoms with E-state index in [2.05, 4.69) is 72.8 Å². The Bertz CT molecular complexity index is 2430. The first-order valence-electron chi connectivity index (χ1n) is 14.7. The van der Waals surface area contributed by atoms with Crippen LogP contribution in [0, 0.1) is 0 Å². The number of benzene rings is 6. The number of aromatic nitrogens is 2. The average molecular weight is 565 g/mol. The Morgan fingerprint density at radius 1 is 0.386 bits per heavy atom. The lowest BCUT2D eigenvalue weighted by molar-refractivity contribution is 0.668. The van der Waals surface area contributed by atoms with Crippen LogP contribution in [0.15, 0.2) is 154 Å². The van der Waals surface area contributed by atoms with Crippen LogP contribution in [-0.4, -0.2) is 9.97 Å². The van der Waals surface area contributed by atoms with Crippen LogP contribution in [0.2, 0.25) is 0 Å². The van der Waals surface area contributed by atoms with E-state index in [1.165, 1.54) is 0 Å². The normalized spacial score (nSPS) is 11.6. The topological polar surface area (TPSA) is 52.1 Å². The van der Waals surface area contributed by atoms with Gasteiger partial charge < -0.3 is 8.83 Å². The first-order chi connectivity index (χ1) is 21.8. The van der Waals surface area contributed by atoms with Gasteiger partial charge in [0, 0.05) is 43.8 Å². The molecule has 0 unspecified atom stereocenters. The van der Waals surface area contributed by atoms with Crippen LogP contribution in [-0.2, 0) is 0 Å². The summed E-state index contributed by atoms with van der Waals surface area (Å²) in [7, 11) is 0. The molecule has 206 valence electrons. The van der Waals surface area contributed by atoms with Crippen molar-refractivity contribution in [1.29, 1.82) is 0 Å². The predicted molar refractivity (Wildman–Crippen MR) is 178 cm³/mol. The first kappa shape index (κ1) is 24.6. The first-order valence-corrected chi connectivity index (χ1v) is 14.7. The maximum atomic E-state index is 6.69. The van der Waals surface area contributed by atoms with E-state index in [4.69, 9.17) is 18.8 Å². The van der Waals surface area contributed by atoms with Gasteiger partial charge in [-0.25, -0.2) is 9.97 Å². The third kappa shape index (κ3) is 3.92. The Morgan fingerprint density at radius 2 is 1.05 bits per heavy atom. The zero-order valence-corrected chi connectivity index (χ0v) is 23.6. The maximum absolute atomic E-state index is 6.69. The molecule has 4 heteroatoms. The molecule has 0 bridgehead atoms. The van der Waals surface area contributed by atoms with Crippen molar-refractivity contribution >= 4 is 43.9 Å². The van der Waals surface area contributed by atoms with E-state index >= 15 is 0 Å². The lowest BCUT2D eigenvalue weighted by atomic mass is 9.97. The van der Waals surface area contributed by atoms with E-state index in [1.54, 1.807) is 0 Å². The molecule has 0 aliphatic heterocycles. The number of furan rings is 2. The van der Waals surface area contributed by atoms with Gasteiger partial charge in [-0.3, -0.25) is 0 Å². The van der Waals surface area contributed by atoms with Crippen LogP contribution >= 0.6 is 0 Å². The molecule has 0 fully saturated rings. The van der Waals surface area contributed by atoms with Gasteiger partial charge in [0.2, 0.25) is 0 Å². The van der Waals surface area contributed by atoms with E-state index in [0.717, 1.165) is 83.1 Å². The average Bonchev–Trinajstić information content (AvgIpc) is 3.67. The molecule has 0 saturated heterocycles. The van der Waals surface area contributed by atoms with Gasteiger partial charge in [0.25, 0.3) is 0 Å². The fourth-order valence-corrected chi connectivity index (χ4v) is 6.24. The minimum Gasteiger partial charge on any atom is -0.456 e. The summed E-state index contributed by atoms with van der Waals surface area (Å²) in [6.07, 6.45) is 0. The molecular weight excluding hydrogens is 540 g/mol. The minimum atomic E-state index is 0.689. The van der Waals surface area contributed by atoms with Gasteiger partial charge in [-0.05, 0) is 35.9 Å². The van der Waals surface area contributed by atoms with Gasteiger partial charge in [-0.15, -0.1) is 0 Å². The summed E-state index contributed by atoms with van der Waals surface area (Å²) in [4.78, 5) is 9.96. The molecule has 6 aromatic carbocycles. The van der Waals surface area contributed by atoms with Gasteiger partial charge in [-0.2, -0.15) is 0 Å². The van der Waals surface area contributed by atoms with Gasteiger partial charge >= 0.3 is 0 Å². The van der Waals surface area contributed by atoms with Crippen molar-refractivity contribution in [3.63, 3.8) is 0 Å². The second-order valence-electron chi connectivity index (χ2n) is 11.0. The summed E-state index contributed by atoms with van der Waals surface area (Å²) in [5.74, 6) is 0.689. The molecule has 0 amide bonds. The van der Waals surface area contributed by atoms with Crippen LogP contribution in [0.4, 0.5) is 0 Å². The van der Waals surface area contributed by atoms with Crippen LogP contribution in [0.1, 0.15) is 0 Å². The molecule has 0 spiro atoms. The largest absolute Gasteiger partial charge is 0.456 e. The molecule has 3 aromatic heterocycles. The molecule has 0 aliphatic carbocycles. The predicted octanol–water partition coefficient (Wildman–Crippen LogP) is 10.9. The molecule has 0 saturated carbocycles. The maximum Gasteiger partial charge on any atom is 0.160 e. The highest BCUT2D eigenvalue weighted by atomic mass is 16.3. The van der Waals surface area contributed by atoms with Crippen molar-refractivity contribution in [3.8, 4) is 45.0 Å². The van der Waals surface area contributed by atoms with Crippen LogP contribution in [0.5, 0.6) is 0 Å². The van der Waals surface area contributed by atoms with Crippen molar-refractivity contribution in [2.24, 2.45) is 0 Å². The monoisotopic (exact) mass is 564 g/mol. The molecule has 9 aromatic rings. The van der Waals surface area contributed by atoms with Crippen LogP contribution < -0.4 is 0 Å². The van der Waals surface area contributed by atoms with E-state index in [0.29, 0.717) is 5.82 Å². The number of hydrogen-bond acceptors (Lipinski definition) is 4. The second kappa shape index (κ2) is 9.79. The number of nitrogens with zero attached hydrogens (tertiary/aromatic N) is 2. The van der Waals surface area contributed by atoms with Crippen LogP contribution in [0.25, 0.3) is 88.9 Å². The third-order valence-electron chi connectivity index (χ3n) is 8.32. The third-order valence-corrected chi connectivity index (χ3v) is 8.32. The highest BCUT2D eigenvalue weighted by Crippen LogP contribution is 2.42. The number of rotatable bonds is 4. The Hall–Kier alpha value is -6.00. The standard InChI is InChI=1S/C40H24N2O2/c1-3-11-25(12-4-1)33-24-34(42-40(41-33)26-13-5-2-6-14-26)27-21-22-28-30-17-9-18-31(39(30)44-37(28)23-27)29-16-10-20-36-38(29)32-15-7-8-19-35(32)43-36/h1-24H. The molecule has 9 rings (SSSR count). The number of fused-ring (bicyclic) bond motifs is 6. The molecule has 0 atom stereocenters. The van der Waals surface area contributed by atoms with E-state index in [-0.39, 0.29) is 0 Å². The van der Waals surface area contributed by atoms with E-state index in [9.17, 15) is 0 Å². The molecule has 3 heterocycles. The van der Waals surface area contributed by atoms with E-state index < -0.39 is 0 Å². The second-order valence-corrected chi connectivity index (χ2v) is 11.0. The highest BCUT2D eigenvalue weighted by molar-refractivity contribution is 6.17. The smallest absolute Gasteiger partial charge is 0.160 e. The van der Waals surface area contributed by atoms with Gasteiger partial charge in [0.15, 0.2) is 5.82 Å². The van der Waals surface area contributed by atoms with E-state index in [1.807, 2.05) is 72.8 Å². The summed E-state index contributed by atoms with van der Waals surface area (Å²) >= 11 is 0. The summed E-state index contributed by atoms with van der Waals surface area (Å²) in [5, 5.41) is 4.34. The Labute approximate surface area is 252 Å². The van der Waals surface area contributed by atoms with Crippen molar-refractivity contribution in [2.45, 2.75) is 0 Å². The fraction of sp³-hybridized carbons (Fsp3) is 0. The van der Waals surface area contributed by atoms with Crippen LogP contribution in [0.3, 0.4) is 0 Å². The van der Waals surface area contributed by atoms with Crippen molar-refractivity contribution < 1.29 is 8.83 Å². The van der Waals surface area contributed by atoms with Crippen molar-refractivity contribution in [3.05, 3.63) is 146 Å². The van der Waals surface area contributed by atoms with Gasteiger partial charge in [0.1, 0.15) is 22.3 Å². The zero-order valence-electron chi connectivity index (χ0n) is 23.6. The molecule has 44 heavy (non-hydrogen) atoms. The Balaban J connectivity index is 1.23.